The van der Waals surface area contributed by atoms with E-state index in [4.69, 9.17) is 28.4 Å². The Morgan fingerprint density at radius 2 is 0.719 bits per heavy atom. The fraction of sp³-hybridized carbons (Fsp3) is 0.269. The number of rotatable bonds is 22. The van der Waals surface area contributed by atoms with Crippen molar-refractivity contribution in [3.05, 3.63) is 155 Å². The van der Waals surface area contributed by atoms with E-state index in [1.54, 1.807) is 36.4 Å². The van der Waals surface area contributed by atoms with E-state index in [9.17, 15) is 28.0 Å². The number of ether oxygens (including phenoxy) is 6. The van der Waals surface area contributed by atoms with Crippen LogP contribution in [-0.4, -0.2) is 37.1 Å². The van der Waals surface area contributed by atoms with Crippen LogP contribution in [0, 0.1) is 11.6 Å². The zero-order chi connectivity index (χ0) is 45.3. The summed E-state index contributed by atoms with van der Waals surface area (Å²) in [5, 5.41) is 1.41. The molecule has 0 fully saturated rings. The summed E-state index contributed by atoms with van der Waals surface area (Å²) in [7, 11) is 0. The lowest BCUT2D eigenvalue weighted by Gasteiger charge is -2.10. The highest BCUT2D eigenvalue weighted by Crippen LogP contribution is 2.28. The van der Waals surface area contributed by atoms with Gasteiger partial charge in [0.1, 0.15) is 23.0 Å². The first-order valence-corrected chi connectivity index (χ1v) is 21.6. The van der Waals surface area contributed by atoms with Crippen LogP contribution in [0.25, 0.3) is 10.8 Å². The van der Waals surface area contributed by atoms with Gasteiger partial charge in [-0.3, -0.25) is 0 Å². The molecule has 10 nitrogen and oxygen atoms in total. The van der Waals surface area contributed by atoms with Crippen LogP contribution in [-0.2, 0) is 0 Å². The first-order chi connectivity index (χ1) is 31.1. The topological polar surface area (TPSA) is 124 Å². The SMILES string of the molecule is CCCCCCCOc1ccc(C(=O)Oc2ccc(C(=O)Oc3ccc4ccc(OC(=O)c5ccc(OC(=O)c6ccc(OCCCCCCC)c(F)c6)cc5)cc4c3)cc2)cc1F. The minimum atomic E-state index is -0.774. The maximum Gasteiger partial charge on any atom is 0.343 e. The number of carbonyl (C=O) groups excluding carboxylic acids is 4. The van der Waals surface area contributed by atoms with Crippen molar-refractivity contribution in [1.82, 2.24) is 0 Å². The quantitative estimate of drug-likeness (QED) is 0.0370. The third kappa shape index (κ3) is 13.5. The standard InChI is InChI=1S/C52H50F2O10/c1-3-5-7-9-11-29-59-47-27-19-38(33-45(47)53)51(57)61-41-21-15-36(16-22-41)49(55)63-43-25-13-35-14-26-44(32-40(35)31-43)64-50(56)37-17-23-42(24-18-37)62-52(58)39-20-28-48(46(54)34-39)60-30-12-10-8-6-4-2/h13-28,31-34H,3-12,29-30H2,1-2H3. The van der Waals surface area contributed by atoms with Gasteiger partial charge in [0.05, 0.1) is 35.5 Å². The van der Waals surface area contributed by atoms with Crippen molar-refractivity contribution in [2.45, 2.75) is 78.1 Å². The lowest BCUT2D eigenvalue weighted by atomic mass is 10.1. The van der Waals surface area contributed by atoms with Crippen molar-refractivity contribution >= 4 is 34.6 Å². The fourth-order valence-corrected chi connectivity index (χ4v) is 6.58. The Morgan fingerprint density at radius 1 is 0.375 bits per heavy atom. The average molecular weight is 873 g/mol. The predicted molar refractivity (Wildman–Crippen MR) is 238 cm³/mol. The molecule has 0 aliphatic carbocycles. The van der Waals surface area contributed by atoms with Crippen LogP contribution in [0.3, 0.4) is 0 Å². The zero-order valence-electron chi connectivity index (χ0n) is 35.9. The summed E-state index contributed by atoms with van der Waals surface area (Å²) in [4.78, 5) is 51.5. The molecule has 6 aromatic rings. The third-order valence-electron chi connectivity index (χ3n) is 10.2. The molecule has 0 saturated carbocycles. The molecular weight excluding hydrogens is 823 g/mol. The second-order valence-corrected chi connectivity index (χ2v) is 15.1. The highest BCUT2D eigenvalue weighted by Gasteiger charge is 2.17. The van der Waals surface area contributed by atoms with Crippen LogP contribution in [0.15, 0.2) is 121 Å². The van der Waals surface area contributed by atoms with E-state index in [0.29, 0.717) is 18.6 Å². The summed E-state index contributed by atoms with van der Waals surface area (Å²) in [6.45, 7) is 5.05. The van der Waals surface area contributed by atoms with Gasteiger partial charge < -0.3 is 28.4 Å². The summed E-state index contributed by atoms with van der Waals surface area (Å²) < 4.78 is 62.3. The molecule has 332 valence electrons. The monoisotopic (exact) mass is 872 g/mol. The number of unbranched alkanes of at least 4 members (excludes halogenated alkanes) is 8. The molecular formula is C52H50F2O10. The molecule has 0 N–H and O–H groups in total. The lowest BCUT2D eigenvalue weighted by Crippen LogP contribution is -2.11. The Morgan fingerprint density at radius 3 is 1.11 bits per heavy atom. The minimum Gasteiger partial charge on any atom is -0.491 e. The van der Waals surface area contributed by atoms with Gasteiger partial charge >= 0.3 is 23.9 Å². The van der Waals surface area contributed by atoms with Gasteiger partial charge in [0, 0.05) is 0 Å². The van der Waals surface area contributed by atoms with Crippen molar-refractivity contribution in [2.24, 2.45) is 0 Å². The first kappa shape index (κ1) is 46.4. The Kier molecular flexibility index (Phi) is 17.0. The van der Waals surface area contributed by atoms with Gasteiger partial charge in [-0.15, -0.1) is 0 Å². The number of esters is 4. The van der Waals surface area contributed by atoms with Gasteiger partial charge in [-0.25, -0.2) is 28.0 Å². The summed E-state index contributed by atoms with van der Waals surface area (Å²) >= 11 is 0. The van der Waals surface area contributed by atoms with Gasteiger partial charge in [-0.2, -0.15) is 0 Å². The Balaban J connectivity index is 0.978. The first-order valence-electron chi connectivity index (χ1n) is 21.6. The predicted octanol–water partition coefficient (Wildman–Crippen LogP) is 12.7. The number of halogens is 2. The Bertz CT molecular complexity index is 2360. The molecule has 0 aliphatic rings. The van der Waals surface area contributed by atoms with Crippen molar-refractivity contribution in [3.63, 3.8) is 0 Å². The number of carbonyl (C=O) groups is 4. The second kappa shape index (κ2) is 23.4. The maximum atomic E-state index is 14.6. The molecule has 6 aromatic carbocycles. The molecule has 0 atom stereocenters. The molecule has 0 unspecified atom stereocenters. The van der Waals surface area contributed by atoms with E-state index in [1.165, 1.54) is 72.8 Å². The van der Waals surface area contributed by atoms with Gasteiger partial charge in [0.2, 0.25) is 0 Å². The smallest absolute Gasteiger partial charge is 0.343 e. The van der Waals surface area contributed by atoms with Crippen LogP contribution in [0.2, 0.25) is 0 Å². The lowest BCUT2D eigenvalue weighted by molar-refractivity contribution is 0.0720. The minimum absolute atomic E-state index is 0.00676. The molecule has 64 heavy (non-hydrogen) atoms. The highest BCUT2D eigenvalue weighted by atomic mass is 19.1. The van der Waals surface area contributed by atoms with Gasteiger partial charge in [-0.1, -0.05) is 77.3 Å². The molecule has 0 saturated heterocycles. The van der Waals surface area contributed by atoms with Crippen molar-refractivity contribution < 1.29 is 56.4 Å². The van der Waals surface area contributed by atoms with E-state index >= 15 is 0 Å². The Hall–Kier alpha value is -7.08. The van der Waals surface area contributed by atoms with E-state index in [1.807, 2.05) is 0 Å². The largest absolute Gasteiger partial charge is 0.491 e. The molecule has 0 radical (unpaired) electrons. The van der Waals surface area contributed by atoms with Crippen molar-refractivity contribution in [2.75, 3.05) is 13.2 Å². The van der Waals surface area contributed by atoms with Crippen LogP contribution >= 0.6 is 0 Å². The third-order valence-corrected chi connectivity index (χ3v) is 10.2. The van der Waals surface area contributed by atoms with E-state index in [2.05, 4.69) is 13.8 Å². The fourth-order valence-electron chi connectivity index (χ4n) is 6.58. The molecule has 12 heteroatoms. The molecule has 0 bridgehead atoms. The maximum absolute atomic E-state index is 14.6. The molecule has 0 amide bonds. The normalized spacial score (nSPS) is 10.9. The van der Waals surface area contributed by atoms with E-state index < -0.39 is 35.5 Å². The van der Waals surface area contributed by atoms with Gasteiger partial charge in [0.25, 0.3) is 0 Å². The van der Waals surface area contributed by atoms with Crippen LogP contribution < -0.4 is 28.4 Å². The van der Waals surface area contributed by atoms with Gasteiger partial charge in [-0.05, 0) is 133 Å². The van der Waals surface area contributed by atoms with Crippen LogP contribution in [0.1, 0.15) is 119 Å². The van der Waals surface area contributed by atoms with Crippen molar-refractivity contribution in [1.29, 1.82) is 0 Å². The second-order valence-electron chi connectivity index (χ2n) is 15.1. The number of benzene rings is 6. The van der Waals surface area contributed by atoms with E-state index in [-0.39, 0.29) is 56.8 Å². The summed E-state index contributed by atoms with van der Waals surface area (Å²) in [6.07, 6.45) is 10.4. The molecule has 0 aliphatic heterocycles. The Labute approximate surface area is 371 Å². The van der Waals surface area contributed by atoms with E-state index in [0.717, 1.165) is 81.7 Å². The van der Waals surface area contributed by atoms with Crippen molar-refractivity contribution in [3.8, 4) is 34.5 Å². The van der Waals surface area contributed by atoms with Crippen LogP contribution in [0.4, 0.5) is 8.78 Å². The van der Waals surface area contributed by atoms with Crippen LogP contribution in [0.5, 0.6) is 34.5 Å². The zero-order valence-corrected chi connectivity index (χ0v) is 35.9. The molecule has 6 rings (SSSR count). The number of hydrogen-bond acceptors (Lipinski definition) is 10. The molecule has 0 aromatic heterocycles. The highest BCUT2D eigenvalue weighted by molar-refractivity contribution is 5.95. The summed E-state index contributed by atoms with van der Waals surface area (Å²) in [6, 6.07) is 29.2. The van der Waals surface area contributed by atoms with Gasteiger partial charge in [0.15, 0.2) is 23.1 Å². The molecule has 0 heterocycles. The summed E-state index contributed by atoms with van der Waals surface area (Å²) in [5.41, 5.74) is 0.379. The molecule has 0 spiro atoms. The number of hydrogen-bond donors (Lipinski definition) is 0. The summed E-state index contributed by atoms with van der Waals surface area (Å²) in [5.74, 6) is -3.33. The number of fused-ring (bicyclic) bond motifs is 1. The average Bonchev–Trinajstić information content (AvgIpc) is 3.29.